The highest BCUT2D eigenvalue weighted by atomic mass is 35.5. The number of amides is 1. The maximum atomic E-state index is 12.2. The fourth-order valence-corrected chi connectivity index (χ4v) is 2.82. The first kappa shape index (κ1) is 17.8. The summed E-state index contributed by atoms with van der Waals surface area (Å²) < 4.78 is 27.1. The molecule has 23 heavy (non-hydrogen) atoms. The first-order valence-electron chi connectivity index (χ1n) is 6.68. The summed E-state index contributed by atoms with van der Waals surface area (Å²) in [5, 5.41) is -0.285. The topological polar surface area (TPSA) is 81.1 Å². The molecule has 0 saturated carbocycles. The molecule has 0 bridgehead atoms. The van der Waals surface area contributed by atoms with E-state index in [1.165, 1.54) is 18.4 Å². The van der Waals surface area contributed by atoms with Crippen molar-refractivity contribution in [3.8, 4) is 11.4 Å². The normalized spacial score (nSPS) is 11.7. The van der Waals surface area contributed by atoms with Crippen LogP contribution >= 0.6 is 23.2 Å². The van der Waals surface area contributed by atoms with Gasteiger partial charge in [-0.05, 0) is 26.0 Å². The molecule has 6 nitrogen and oxygen atoms in total. The van der Waals surface area contributed by atoms with Gasteiger partial charge in [0.05, 0.1) is 10.3 Å². The summed E-state index contributed by atoms with van der Waals surface area (Å²) >= 11 is 12.2. The fourth-order valence-electron chi connectivity index (χ4n) is 1.80. The van der Waals surface area contributed by atoms with Crippen molar-refractivity contribution >= 4 is 39.1 Å². The van der Waals surface area contributed by atoms with Crippen LogP contribution in [0, 0.1) is 0 Å². The third kappa shape index (κ3) is 3.52. The Balaban J connectivity index is 2.46. The van der Waals surface area contributed by atoms with E-state index in [2.05, 4.69) is 4.98 Å². The zero-order valence-corrected chi connectivity index (χ0v) is 15.0. The summed E-state index contributed by atoms with van der Waals surface area (Å²) in [7, 11) is -2.16. The van der Waals surface area contributed by atoms with Gasteiger partial charge in [0, 0.05) is 12.6 Å². The summed E-state index contributed by atoms with van der Waals surface area (Å²) in [5.74, 6) is -0.509. The van der Waals surface area contributed by atoms with Gasteiger partial charge in [-0.1, -0.05) is 35.3 Å². The molecule has 0 atom stereocenters. The molecule has 0 fully saturated rings. The largest absolute Gasteiger partial charge is 0.317 e. The SMILES string of the molecule is CC(C)S(=O)(=O)NC(=O)c1nc(-c2ccccc2Cl)n(C)c1Cl. The molecule has 0 spiro atoms. The van der Waals surface area contributed by atoms with Crippen LogP contribution in [0.5, 0.6) is 0 Å². The quantitative estimate of drug-likeness (QED) is 0.890. The second-order valence-electron chi connectivity index (χ2n) is 5.14. The smallest absolute Gasteiger partial charge is 0.286 e. The summed E-state index contributed by atoms with van der Waals surface area (Å²) in [4.78, 5) is 16.3. The van der Waals surface area contributed by atoms with Gasteiger partial charge < -0.3 is 4.57 Å². The third-order valence-corrected chi connectivity index (χ3v) is 5.68. The molecule has 1 aromatic heterocycles. The van der Waals surface area contributed by atoms with Gasteiger partial charge in [-0.2, -0.15) is 0 Å². The van der Waals surface area contributed by atoms with Crippen LogP contribution in [0.2, 0.25) is 10.2 Å². The lowest BCUT2D eigenvalue weighted by Crippen LogP contribution is -2.36. The van der Waals surface area contributed by atoms with Crippen LogP contribution in [0.3, 0.4) is 0 Å². The number of hydrogen-bond donors (Lipinski definition) is 1. The Hall–Kier alpha value is -1.57. The molecule has 0 aliphatic rings. The molecule has 0 saturated heterocycles. The van der Waals surface area contributed by atoms with Crippen molar-refractivity contribution in [2.75, 3.05) is 0 Å². The van der Waals surface area contributed by atoms with Gasteiger partial charge >= 0.3 is 0 Å². The number of nitrogens with zero attached hydrogens (tertiary/aromatic N) is 2. The molecule has 1 amide bonds. The van der Waals surface area contributed by atoms with Crippen molar-refractivity contribution in [1.82, 2.24) is 14.3 Å². The van der Waals surface area contributed by atoms with Gasteiger partial charge in [0.1, 0.15) is 11.0 Å². The van der Waals surface area contributed by atoms with Crippen molar-refractivity contribution in [1.29, 1.82) is 0 Å². The molecule has 1 heterocycles. The third-order valence-electron chi connectivity index (χ3n) is 3.21. The van der Waals surface area contributed by atoms with E-state index >= 15 is 0 Å². The molecular weight excluding hydrogens is 361 g/mol. The maximum Gasteiger partial charge on any atom is 0.286 e. The summed E-state index contributed by atoms with van der Waals surface area (Å²) in [6.45, 7) is 2.93. The Morgan fingerprint density at radius 3 is 2.43 bits per heavy atom. The monoisotopic (exact) mass is 375 g/mol. The van der Waals surface area contributed by atoms with Gasteiger partial charge in [0.2, 0.25) is 10.0 Å². The number of sulfonamides is 1. The summed E-state index contributed by atoms with van der Waals surface area (Å²) in [5.41, 5.74) is 0.414. The zero-order valence-electron chi connectivity index (χ0n) is 12.7. The minimum absolute atomic E-state index is 0.0244. The fraction of sp³-hybridized carbons (Fsp3) is 0.286. The molecule has 1 aromatic carbocycles. The number of imidazole rings is 1. The number of nitrogens with one attached hydrogen (secondary N) is 1. The lowest BCUT2D eigenvalue weighted by Gasteiger charge is -2.08. The zero-order chi connectivity index (χ0) is 17.4. The van der Waals surface area contributed by atoms with Crippen molar-refractivity contribution in [2.24, 2.45) is 7.05 Å². The number of aromatic nitrogens is 2. The lowest BCUT2D eigenvalue weighted by atomic mass is 10.2. The number of hydrogen-bond acceptors (Lipinski definition) is 4. The van der Waals surface area contributed by atoms with Crippen LogP contribution in [0.25, 0.3) is 11.4 Å². The molecular formula is C14H15Cl2N3O3S. The Labute approximate surface area is 144 Å². The highest BCUT2D eigenvalue weighted by Crippen LogP contribution is 2.30. The van der Waals surface area contributed by atoms with E-state index in [1.807, 2.05) is 4.72 Å². The van der Waals surface area contributed by atoms with E-state index in [1.54, 1.807) is 31.3 Å². The highest BCUT2D eigenvalue weighted by Gasteiger charge is 2.26. The molecule has 0 aliphatic carbocycles. The van der Waals surface area contributed by atoms with Gasteiger partial charge in [0.15, 0.2) is 5.69 Å². The molecule has 0 aliphatic heterocycles. The van der Waals surface area contributed by atoms with E-state index in [0.717, 1.165) is 0 Å². The standard InChI is InChI=1S/C14H15Cl2N3O3S/c1-8(2)23(21,22)18-14(20)11-12(16)19(3)13(17-11)9-6-4-5-7-10(9)15/h4-8H,1-3H3,(H,18,20). The van der Waals surface area contributed by atoms with Crippen molar-refractivity contribution < 1.29 is 13.2 Å². The Bertz CT molecular complexity index is 860. The average molecular weight is 376 g/mol. The predicted octanol–water partition coefficient (Wildman–Crippen LogP) is 2.86. The Morgan fingerprint density at radius 1 is 1.26 bits per heavy atom. The van der Waals surface area contributed by atoms with E-state index < -0.39 is 21.2 Å². The summed E-state index contributed by atoms with van der Waals surface area (Å²) in [6, 6.07) is 6.95. The van der Waals surface area contributed by atoms with E-state index in [-0.39, 0.29) is 10.8 Å². The Morgan fingerprint density at radius 2 is 1.87 bits per heavy atom. The van der Waals surface area contributed by atoms with Crippen LogP contribution in [0.15, 0.2) is 24.3 Å². The lowest BCUT2D eigenvalue weighted by molar-refractivity contribution is 0.0977. The first-order chi connectivity index (χ1) is 10.6. The maximum absolute atomic E-state index is 12.2. The van der Waals surface area contributed by atoms with E-state index in [4.69, 9.17) is 23.2 Å². The molecule has 0 radical (unpaired) electrons. The second-order valence-corrected chi connectivity index (χ2v) is 8.14. The molecule has 1 N–H and O–H groups in total. The van der Waals surface area contributed by atoms with Gasteiger partial charge in [-0.25, -0.2) is 18.1 Å². The van der Waals surface area contributed by atoms with E-state index in [0.29, 0.717) is 16.4 Å². The molecule has 2 aromatic rings. The molecule has 9 heteroatoms. The van der Waals surface area contributed by atoms with Crippen LogP contribution < -0.4 is 4.72 Å². The van der Waals surface area contributed by atoms with Crippen LogP contribution in [0.1, 0.15) is 24.3 Å². The van der Waals surface area contributed by atoms with Crippen molar-refractivity contribution in [3.63, 3.8) is 0 Å². The first-order valence-corrected chi connectivity index (χ1v) is 8.98. The molecule has 0 unspecified atom stereocenters. The van der Waals surface area contributed by atoms with Crippen LogP contribution in [-0.2, 0) is 17.1 Å². The van der Waals surface area contributed by atoms with Crippen molar-refractivity contribution in [3.05, 3.63) is 40.1 Å². The van der Waals surface area contributed by atoms with Crippen LogP contribution in [0.4, 0.5) is 0 Å². The van der Waals surface area contributed by atoms with Crippen molar-refractivity contribution in [2.45, 2.75) is 19.1 Å². The predicted molar refractivity (Wildman–Crippen MR) is 90.2 cm³/mol. The number of rotatable bonds is 4. The summed E-state index contributed by atoms with van der Waals surface area (Å²) in [6.07, 6.45) is 0. The number of carbonyl (C=O) groups excluding carboxylic acids is 1. The number of carbonyl (C=O) groups is 1. The highest BCUT2D eigenvalue weighted by molar-refractivity contribution is 7.90. The van der Waals surface area contributed by atoms with Gasteiger partial charge in [-0.15, -0.1) is 0 Å². The number of benzene rings is 1. The van der Waals surface area contributed by atoms with Gasteiger partial charge in [-0.3, -0.25) is 4.79 Å². The second kappa shape index (κ2) is 6.51. The number of halogens is 2. The van der Waals surface area contributed by atoms with Crippen LogP contribution in [-0.4, -0.2) is 29.1 Å². The minimum Gasteiger partial charge on any atom is -0.317 e. The average Bonchev–Trinajstić information content (AvgIpc) is 2.75. The van der Waals surface area contributed by atoms with Gasteiger partial charge in [0.25, 0.3) is 5.91 Å². The Kier molecular flexibility index (Phi) is 5.03. The molecule has 2 rings (SSSR count). The van der Waals surface area contributed by atoms with E-state index in [9.17, 15) is 13.2 Å². The molecule has 124 valence electrons. The minimum atomic E-state index is -3.77.